The second-order valence-electron chi connectivity index (χ2n) is 4.14. The van der Waals surface area contributed by atoms with Crippen molar-refractivity contribution in [2.45, 2.75) is 6.92 Å². The summed E-state index contributed by atoms with van der Waals surface area (Å²) in [5.74, 6) is -0.160. The first-order valence-electron chi connectivity index (χ1n) is 5.68. The molecule has 4 nitrogen and oxygen atoms in total. The van der Waals surface area contributed by atoms with Crippen LogP contribution < -0.4 is 0 Å². The highest BCUT2D eigenvalue weighted by Crippen LogP contribution is 2.26. The topological polar surface area (TPSA) is 65.8 Å². The van der Waals surface area contributed by atoms with Gasteiger partial charge in [0.15, 0.2) is 5.78 Å². The summed E-state index contributed by atoms with van der Waals surface area (Å²) in [5, 5.41) is 3.90. The van der Waals surface area contributed by atoms with Gasteiger partial charge in [0.1, 0.15) is 0 Å². The number of benzene rings is 2. The van der Waals surface area contributed by atoms with E-state index in [1.165, 1.54) is 0 Å². The van der Waals surface area contributed by atoms with Crippen molar-refractivity contribution in [2.24, 2.45) is 5.11 Å². The minimum atomic E-state index is -0.160. The first kappa shape index (κ1) is 14.6. The van der Waals surface area contributed by atoms with E-state index in [-0.39, 0.29) is 5.78 Å². The molecule has 0 aliphatic carbocycles. The number of hydrogen-bond acceptors (Lipinski definition) is 2. The number of carbonyl (C=O) groups is 1. The molecular formula is C14H9BrClN3O. The average molecular weight is 351 g/mol. The fourth-order valence-electron chi connectivity index (χ4n) is 1.84. The number of hydrogen-bond donors (Lipinski definition) is 0. The molecule has 2 aromatic carbocycles. The second-order valence-corrected chi connectivity index (χ2v) is 5.46. The molecular weight excluding hydrogens is 342 g/mol. The Hall–Kier alpha value is -1.81. The van der Waals surface area contributed by atoms with Crippen LogP contribution in [0, 0.1) is 6.92 Å². The van der Waals surface area contributed by atoms with Gasteiger partial charge in [0.05, 0.1) is 5.02 Å². The Morgan fingerprint density at radius 3 is 2.55 bits per heavy atom. The predicted octanol–water partition coefficient (Wildman–Crippen LogP) is 5.58. The number of carbonyl (C=O) groups excluding carboxylic acids is 1. The summed E-state index contributed by atoms with van der Waals surface area (Å²) < 4.78 is 0.814. The molecule has 0 bridgehead atoms. The lowest BCUT2D eigenvalue weighted by molar-refractivity contribution is 0.103. The SMILES string of the molecule is Cc1cc(N=[N+]=[N-])ccc1C(=O)c1ccc(Br)cc1Cl. The molecule has 0 heterocycles. The van der Waals surface area contributed by atoms with Crippen LogP contribution in [0.5, 0.6) is 0 Å². The Balaban J connectivity index is 2.45. The maximum atomic E-state index is 12.5. The smallest absolute Gasteiger partial charge is 0.194 e. The third-order valence-corrected chi connectivity index (χ3v) is 3.60. The van der Waals surface area contributed by atoms with Crippen LogP contribution in [0.25, 0.3) is 10.4 Å². The van der Waals surface area contributed by atoms with Crippen molar-refractivity contribution in [1.29, 1.82) is 0 Å². The monoisotopic (exact) mass is 349 g/mol. The van der Waals surface area contributed by atoms with Gasteiger partial charge in [-0.25, -0.2) is 0 Å². The highest BCUT2D eigenvalue weighted by Gasteiger charge is 2.15. The quantitative estimate of drug-likeness (QED) is 0.308. The summed E-state index contributed by atoms with van der Waals surface area (Å²) in [4.78, 5) is 15.2. The van der Waals surface area contributed by atoms with Gasteiger partial charge in [-0.05, 0) is 42.3 Å². The van der Waals surface area contributed by atoms with E-state index in [2.05, 4.69) is 26.0 Å². The summed E-state index contributed by atoms with van der Waals surface area (Å²) >= 11 is 9.39. The second kappa shape index (κ2) is 6.09. The highest BCUT2D eigenvalue weighted by molar-refractivity contribution is 9.10. The molecule has 2 aromatic rings. The Morgan fingerprint density at radius 1 is 1.25 bits per heavy atom. The zero-order valence-electron chi connectivity index (χ0n) is 10.5. The van der Waals surface area contributed by atoms with Crippen LogP contribution >= 0.6 is 27.5 Å². The molecule has 0 spiro atoms. The minimum Gasteiger partial charge on any atom is -0.289 e. The first-order valence-corrected chi connectivity index (χ1v) is 6.85. The molecule has 100 valence electrons. The Labute approximate surface area is 129 Å². The van der Waals surface area contributed by atoms with E-state index >= 15 is 0 Å². The molecule has 0 aromatic heterocycles. The van der Waals surface area contributed by atoms with E-state index in [1.54, 1.807) is 43.3 Å². The van der Waals surface area contributed by atoms with Gasteiger partial charge in [-0.3, -0.25) is 4.79 Å². The van der Waals surface area contributed by atoms with Crippen molar-refractivity contribution in [3.8, 4) is 0 Å². The van der Waals surface area contributed by atoms with Gasteiger partial charge in [-0.2, -0.15) is 0 Å². The molecule has 20 heavy (non-hydrogen) atoms. The van der Waals surface area contributed by atoms with Gasteiger partial charge in [-0.15, -0.1) is 0 Å². The number of nitrogens with zero attached hydrogens (tertiary/aromatic N) is 3. The van der Waals surface area contributed by atoms with Crippen LogP contribution in [0.2, 0.25) is 5.02 Å². The van der Waals surface area contributed by atoms with Crippen LogP contribution in [0.4, 0.5) is 5.69 Å². The van der Waals surface area contributed by atoms with Crippen molar-refractivity contribution in [1.82, 2.24) is 0 Å². The number of aryl methyl sites for hydroxylation is 1. The lowest BCUT2D eigenvalue weighted by atomic mass is 9.98. The predicted molar refractivity (Wildman–Crippen MR) is 82.6 cm³/mol. The third kappa shape index (κ3) is 3.02. The van der Waals surface area contributed by atoms with Crippen LogP contribution in [0.15, 0.2) is 46.0 Å². The van der Waals surface area contributed by atoms with Crippen LogP contribution in [0.1, 0.15) is 21.5 Å². The fraction of sp³-hybridized carbons (Fsp3) is 0.0714. The fourth-order valence-corrected chi connectivity index (χ4v) is 2.59. The number of halogens is 2. The third-order valence-electron chi connectivity index (χ3n) is 2.79. The molecule has 0 saturated carbocycles. The number of ketones is 1. The molecule has 0 saturated heterocycles. The maximum absolute atomic E-state index is 12.5. The highest BCUT2D eigenvalue weighted by atomic mass is 79.9. The van der Waals surface area contributed by atoms with Gasteiger partial charge < -0.3 is 0 Å². The van der Waals surface area contributed by atoms with Gasteiger partial charge in [0.25, 0.3) is 0 Å². The summed E-state index contributed by atoms with van der Waals surface area (Å²) in [7, 11) is 0. The van der Waals surface area contributed by atoms with Crippen molar-refractivity contribution >= 4 is 39.0 Å². The van der Waals surface area contributed by atoms with Gasteiger partial charge in [-0.1, -0.05) is 44.8 Å². The standard InChI is InChI=1S/C14H9BrClN3O/c1-8-6-10(18-19-17)3-5-11(8)14(20)12-4-2-9(15)7-13(12)16/h2-7H,1H3. The molecule has 0 radical (unpaired) electrons. The average Bonchev–Trinajstić information content (AvgIpc) is 2.38. The summed E-state index contributed by atoms with van der Waals surface area (Å²) in [5.41, 5.74) is 10.6. The van der Waals surface area contributed by atoms with E-state index in [1.807, 2.05) is 0 Å². The lowest BCUT2D eigenvalue weighted by Crippen LogP contribution is -2.04. The molecule has 6 heteroatoms. The van der Waals surface area contributed by atoms with Crippen molar-refractivity contribution in [3.05, 3.63) is 73.0 Å². The molecule has 0 N–H and O–H groups in total. The molecule has 0 aliphatic heterocycles. The van der Waals surface area contributed by atoms with E-state index in [0.29, 0.717) is 21.8 Å². The Kier molecular flexibility index (Phi) is 4.45. The molecule has 0 atom stereocenters. The van der Waals surface area contributed by atoms with Crippen LogP contribution in [-0.4, -0.2) is 5.78 Å². The van der Waals surface area contributed by atoms with Gasteiger partial charge in [0.2, 0.25) is 0 Å². The summed E-state index contributed by atoms with van der Waals surface area (Å²) in [6.07, 6.45) is 0. The first-order chi connectivity index (χ1) is 9.52. The van der Waals surface area contributed by atoms with E-state index in [9.17, 15) is 4.79 Å². The molecule has 0 unspecified atom stereocenters. The zero-order chi connectivity index (χ0) is 14.7. The lowest BCUT2D eigenvalue weighted by Gasteiger charge is -2.07. The number of azide groups is 1. The van der Waals surface area contributed by atoms with Crippen LogP contribution in [-0.2, 0) is 0 Å². The van der Waals surface area contributed by atoms with E-state index in [4.69, 9.17) is 17.1 Å². The van der Waals surface area contributed by atoms with Gasteiger partial charge >= 0.3 is 0 Å². The summed E-state index contributed by atoms with van der Waals surface area (Å²) in [6, 6.07) is 10.0. The van der Waals surface area contributed by atoms with Gasteiger partial charge in [0, 0.05) is 26.2 Å². The molecule has 2 rings (SSSR count). The number of rotatable bonds is 3. The largest absolute Gasteiger partial charge is 0.289 e. The molecule has 0 aliphatic rings. The van der Waals surface area contributed by atoms with Crippen molar-refractivity contribution < 1.29 is 4.79 Å². The van der Waals surface area contributed by atoms with E-state index < -0.39 is 0 Å². The van der Waals surface area contributed by atoms with Crippen molar-refractivity contribution in [3.63, 3.8) is 0 Å². The minimum absolute atomic E-state index is 0.160. The summed E-state index contributed by atoms with van der Waals surface area (Å²) in [6.45, 7) is 1.79. The molecule has 0 fully saturated rings. The molecule has 0 amide bonds. The Morgan fingerprint density at radius 2 is 1.95 bits per heavy atom. The maximum Gasteiger partial charge on any atom is 0.194 e. The zero-order valence-corrected chi connectivity index (χ0v) is 12.8. The normalized spacial score (nSPS) is 9.95. The van der Waals surface area contributed by atoms with E-state index in [0.717, 1.165) is 10.0 Å². The van der Waals surface area contributed by atoms with Crippen LogP contribution in [0.3, 0.4) is 0 Å². The van der Waals surface area contributed by atoms with Crippen molar-refractivity contribution in [2.75, 3.05) is 0 Å². The Bertz CT molecular complexity index is 739.